The molecule has 0 saturated heterocycles. The third kappa shape index (κ3) is 2.91. The van der Waals surface area contributed by atoms with Crippen molar-refractivity contribution >= 4 is 16.6 Å². The SMILES string of the molecule is COc1ccc2cc(C(=O)c3ccc(OC)c(OC)c3)ccc2c1. The molecule has 0 aliphatic rings. The topological polar surface area (TPSA) is 44.8 Å². The Hall–Kier alpha value is -3.01. The molecule has 0 fully saturated rings. The van der Waals surface area contributed by atoms with Crippen LogP contribution in [0.2, 0.25) is 0 Å². The molecule has 0 heterocycles. The molecule has 0 radical (unpaired) electrons. The Bertz CT molecular complexity index is 899. The summed E-state index contributed by atoms with van der Waals surface area (Å²) < 4.78 is 15.7. The molecule has 3 aromatic carbocycles. The highest BCUT2D eigenvalue weighted by Crippen LogP contribution is 2.29. The lowest BCUT2D eigenvalue weighted by Crippen LogP contribution is -2.02. The lowest BCUT2D eigenvalue weighted by molar-refractivity contribution is 0.103. The molecule has 0 saturated carbocycles. The number of methoxy groups -OCH3 is 3. The zero-order valence-electron chi connectivity index (χ0n) is 13.8. The van der Waals surface area contributed by atoms with Crippen molar-refractivity contribution in [3.63, 3.8) is 0 Å². The molecule has 3 rings (SSSR count). The summed E-state index contributed by atoms with van der Waals surface area (Å²) in [5, 5.41) is 2.01. The van der Waals surface area contributed by atoms with Crippen LogP contribution in [0, 0.1) is 0 Å². The molecule has 0 aliphatic carbocycles. The van der Waals surface area contributed by atoms with Crippen molar-refractivity contribution in [2.24, 2.45) is 0 Å². The first-order valence-electron chi connectivity index (χ1n) is 7.51. The number of rotatable bonds is 5. The van der Waals surface area contributed by atoms with Gasteiger partial charge >= 0.3 is 0 Å². The number of hydrogen-bond acceptors (Lipinski definition) is 4. The predicted octanol–water partition coefficient (Wildman–Crippen LogP) is 4.10. The second kappa shape index (κ2) is 6.62. The molecule has 24 heavy (non-hydrogen) atoms. The highest BCUT2D eigenvalue weighted by atomic mass is 16.5. The maximum Gasteiger partial charge on any atom is 0.193 e. The standard InChI is InChI=1S/C20H18O4/c1-22-17-8-6-13-10-15(5-4-14(13)11-17)20(21)16-7-9-18(23-2)19(12-16)24-3/h4-12H,1-3H3. The Morgan fingerprint density at radius 3 is 2.00 bits per heavy atom. The first-order valence-corrected chi connectivity index (χ1v) is 7.51. The molecule has 0 aromatic heterocycles. The molecule has 0 N–H and O–H groups in total. The van der Waals surface area contributed by atoms with Crippen LogP contribution < -0.4 is 14.2 Å². The number of carbonyl (C=O) groups excluding carboxylic acids is 1. The Morgan fingerprint density at radius 1 is 0.667 bits per heavy atom. The van der Waals surface area contributed by atoms with Crippen molar-refractivity contribution in [3.8, 4) is 17.2 Å². The fourth-order valence-electron chi connectivity index (χ4n) is 2.64. The van der Waals surface area contributed by atoms with Crippen LogP contribution in [0.3, 0.4) is 0 Å². The van der Waals surface area contributed by atoms with Crippen LogP contribution in [0.5, 0.6) is 17.2 Å². The van der Waals surface area contributed by atoms with Crippen LogP contribution in [0.1, 0.15) is 15.9 Å². The van der Waals surface area contributed by atoms with Crippen molar-refractivity contribution in [2.45, 2.75) is 0 Å². The highest BCUT2D eigenvalue weighted by molar-refractivity contribution is 6.11. The Labute approximate surface area is 140 Å². The molecular weight excluding hydrogens is 304 g/mol. The summed E-state index contributed by atoms with van der Waals surface area (Å²) in [6.45, 7) is 0. The number of fused-ring (bicyclic) bond motifs is 1. The molecule has 3 aromatic rings. The van der Waals surface area contributed by atoms with E-state index in [2.05, 4.69) is 0 Å². The molecular formula is C20H18O4. The maximum atomic E-state index is 12.8. The average molecular weight is 322 g/mol. The van der Waals surface area contributed by atoms with E-state index < -0.39 is 0 Å². The second-order valence-electron chi connectivity index (χ2n) is 5.33. The van der Waals surface area contributed by atoms with Gasteiger partial charge in [0.25, 0.3) is 0 Å². The van der Waals surface area contributed by atoms with E-state index in [9.17, 15) is 4.79 Å². The fraction of sp³-hybridized carbons (Fsp3) is 0.150. The molecule has 4 heteroatoms. The van der Waals surface area contributed by atoms with Crippen LogP contribution in [0.4, 0.5) is 0 Å². The summed E-state index contributed by atoms with van der Waals surface area (Å²) in [5.74, 6) is 1.86. The van der Waals surface area contributed by atoms with Gasteiger partial charge in [0.15, 0.2) is 17.3 Å². The van der Waals surface area contributed by atoms with Crippen molar-refractivity contribution in [2.75, 3.05) is 21.3 Å². The monoisotopic (exact) mass is 322 g/mol. The normalized spacial score (nSPS) is 10.5. The molecule has 0 atom stereocenters. The summed E-state index contributed by atoms with van der Waals surface area (Å²) in [5.41, 5.74) is 1.18. The number of ether oxygens (including phenoxy) is 3. The van der Waals surface area contributed by atoms with Gasteiger partial charge < -0.3 is 14.2 Å². The lowest BCUT2D eigenvalue weighted by atomic mass is 9.99. The van der Waals surface area contributed by atoms with E-state index in [1.165, 1.54) is 0 Å². The number of ketones is 1. The lowest BCUT2D eigenvalue weighted by Gasteiger charge is -2.09. The Morgan fingerprint density at radius 2 is 1.29 bits per heavy atom. The van der Waals surface area contributed by atoms with E-state index in [4.69, 9.17) is 14.2 Å². The molecule has 0 spiro atoms. The average Bonchev–Trinajstić information content (AvgIpc) is 2.65. The van der Waals surface area contributed by atoms with Gasteiger partial charge in [-0.25, -0.2) is 0 Å². The number of carbonyl (C=O) groups is 1. The minimum absolute atomic E-state index is 0.0614. The van der Waals surface area contributed by atoms with Gasteiger partial charge in [0.05, 0.1) is 21.3 Å². The predicted molar refractivity (Wildman–Crippen MR) is 93.5 cm³/mol. The summed E-state index contributed by atoms with van der Waals surface area (Å²) in [4.78, 5) is 12.8. The van der Waals surface area contributed by atoms with Gasteiger partial charge in [-0.3, -0.25) is 4.79 Å². The molecule has 0 bridgehead atoms. The van der Waals surface area contributed by atoms with Gasteiger partial charge in [-0.15, -0.1) is 0 Å². The van der Waals surface area contributed by atoms with E-state index in [1.807, 2.05) is 36.4 Å². The summed E-state index contributed by atoms with van der Waals surface area (Å²) in [6.07, 6.45) is 0. The van der Waals surface area contributed by atoms with E-state index in [1.54, 1.807) is 39.5 Å². The van der Waals surface area contributed by atoms with Crippen LogP contribution in [0.25, 0.3) is 10.8 Å². The maximum absolute atomic E-state index is 12.8. The fourth-order valence-corrected chi connectivity index (χ4v) is 2.64. The van der Waals surface area contributed by atoms with E-state index in [-0.39, 0.29) is 5.78 Å². The molecule has 4 nitrogen and oxygen atoms in total. The third-order valence-corrected chi connectivity index (χ3v) is 3.96. The zero-order chi connectivity index (χ0) is 17.1. The van der Waals surface area contributed by atoms with E-state index in [0.717, 1.165) is 16.5 Å². The highest BCUT2D eigenvalue weighted by Gasteiger charge is 2.13. The van der Waals surface area contributed by atoms with Crippen LogP contribution in [-0.2, 0) is 0 Å². The number of benzene rings is 3. The van der Waals surface area contributed by atoms with Gasteiger partial charge in [0, 0.05) is 11.1 Å². The van der Waals surface area contributed by atoms with Crippen molar-refractivity contribution < 1.29 is 19.0 Å². The van der Waals surface area contributed by atoms with Crippen LogP contribution in [-0.4, -0.2) is 27.1 Å². The quantitative estimate of drug-likeness (QED) is 0.664. The Balaban J connectivity index is 1.99. The Kier molecular flexibility index (Phi) is 4.38. The smallest absolute Gasteiger partial charge is 0.193 e. The summed E-state index contributed by atoms with van der Waals surface area (Å²) in [7, 11) is 4.75. The first kappa shape index (κ1) is 15.9. The molecule has 0 aliphatic heterocycles. The first-order chi connectivity index (χ1) is 11.7. The van der Waals surface area contributed by atoms with Crippen molar-refractivity contribution in [1.82, 2.24) is 0 Å². The summed E-state index contributed by atoms with van der Waals surface area (Å²) >= 11 is 0. The van der Waals surface area contributed by atoms with Gasteiger partial charge in [0.2, 0.25) is 0 Å². The second-order valence-corrected chi connectivity index (χ2v) is 5.33. The zero-order valence-corrected chi connectivity index (χ0v) is 13.8. The number of hydrogen-bond donors (Lipinski definition) is 0. The van der Waals surface area contributed by atoms with Gasteiger partial charge in [-0.2, -0.15) is 0 Å². The summed E-state index contributed by atoms with van der Waals surface area (Å²) in [6, 6.07) is 16.6. The minimum Gasteiger partial charge on any atom is -0.497 e. The van der Waals surface area contributed by atoms with Crippen LogP contribution in [0.15, 0.2) is 54.6 Å². The van der Waals surface area contributed by atoms with Crippen LogP contribution >= 0.6 is 0 Å². The van der Waals surface area contributed by atoms with Gasteiger partial charge in [0.1, 0.15) is 5.75 Å². The van der Waals surface area contributed by atoms with E-state index >= 15 is 0 Å². The molecule has 122 valence electrons. The minimum atomic E-state index is -0.0614. The molecule has 0 amide bonds. The van der Waals surface area contributed by atoms with Crippen molar-refractivity contribution in [1.29, 1.82) is 0 Å². The van der Waals surface area contributed by atoms with Gasteiger partial charge in [-0.1, -0.05) is 18.2 Å². The third-order valence-electron chi connectivity index (χ3n) is 3.96. The van der Waals surface area contributed by atoms with E-state index in [0.29, 0.717) is 22.6 Å². The van der Waals surface area contributed by atoms with Crippen molar-refractivity contribution in [3.05, 3.63) is 65.7 Å². The largest absolute Gasteiger partial charge is 0.497 e. The van der Waals surface area contributed by atoms with Gasteiger partial charge in [-0.05, 0) is 47.2 Å². The molecule has 0 unspecified atom stereocenters.